The molecule has 1 aromatic rings. The van der Waals surface area contributed by atoms with Crippen molar-refractivity contribution in [2.45, 2.75) is 6.92 Å². The van der Waals surface area contributed by atoms with Gasteiger partial charge in [0.25, 0.3) is 5.91 Å². The molecule has 4 heteroatoms. The second-order valence-electron chi connectivity index (χ2n) is 3.68. The molecule has 1 rings (SSSR count). The molecule has 0 aliphatic carbocycles. The number of hydrogen-bond donors (Lipinski definition) is 1. The summed E-state index contributed by atoms with van der Waals surface area (Å²) in [6, 6.07) is 5.52. The van der Waals surface area contributed by atoms with E-state index in [-0.39, 0.29) is 12.5 Å². The van der Waals surface area contributed by atoms with Crippen molar-refractivity contribution in [3.63, 3.8) is 0 Å². The van der Waals surface area contributed by atoms with Gasteiger partial charge in [-0.05, 0) is 24.6 Å². The Balaban J connectivity index is 3.00. The molecule has 0 aromatic heterocycles. The summed E-state index contributed by atoms with van der Waals surface area (Å²) in [5.74, 6) is -0.0854. The van der Waals surface area contributed by atoms with Crippen LogP contribution in [0.15, 0.2) is 35.3 Å². The summed E-state index contributed by atoms with van der Waals surface area (Å²) < 4.78 is 0.908. The van der Waals surface area contributed by atoms with Crippen LogP contribution >= 0.6 is 15.9 Å². The fourth-order valence-electron chi connectivity index (χ4n) is 1.56. The molecule has 0 radical (unpaired) electrons. The second-order valence-corrected chi connectivity index (χ2v) is 4.53. The van der Waals surface area contributed by atoms with Crippen molar-refractivity contribution in [1.29, 1.82) is 0 Å². The molecule has 0 saturated carbocycles. The number of benzene rings is 1. The molecule has 92 valence electrons. The molecule has 0 unspecified atom stereocenters. The van der Waals surface area contributed by atoms with Gasteiger partial charge in [-0.15, -0.1) is 6.58 Å². The first-order valence-corrected chi connectivity index (χ1v) is 6.17. The van der Waals surface area contributed by atoms with Gasteiger partial charge in [-0.1, -0.05) is 28.1 Å². The fourth-order valence-corrected chi connectivity index (χ4v) is 1.93. The van der Waals surface area contributed by atoms with E-state index < -0.39 is 0 Å². The highest BCUT2D eigenvalue weighted by Gasteiger charge is 2.16. The number of carbonyl (C=O) groups excluding carboxylic acids is 1. The van der Waals surface area contributed by atoms with E-state index in [0.29, 0.717) is 18.7 Å². The van der Waals surface area contributed by atoms with Crippen LogP contribution in [0.1, 0.15) is 15.9 Å². The Kier molecular flexibility index (Phi) is 5.38. The van der Waals surface area contributed by atoms with Crippen molar-refractivity contribution < 1.29 is 9.90 Å². The maximum absolute atomic E-state index is 12.2. The summed E-state index contributed by atoms with van der Waals surface area (Å²) in [5.41, 5.74) is 1.55. The van der Waals surface area contributed by atoms with E-state index >= 15 is 0 Å². The number of aliphatic hydroxyl groups is 1. The van der Waals surface area contributed by atoms with Crippen molar-refractivity contribution >= 4 is 21.8 Å². The lowest BCUT2D eigenvalue weighted by Crippen LogP contribution is -2.34. The third-order valence-electron chi connectivity index (χ3n) is 2.50. The lowest BCUT2D eigenvalue weighted by atomic mass is 10.1. The molecule has 0 atom stereocenters. The number of nitrogens with zero attached hydrogens (tertiary/aromatic N) is 1. The van der Waals surface area contributed by atoms with Crippen LogP contribution < -0.4 is 0 Å². The predicted molar refractivity (Wildman–Crippen MR) is 72.1 cm³/mol. The average molecular weight is 298 g/mol. The first-order valence-electron chi connectivity index (χ1n) is 5.38. The Morgan fingerprint density at radius 2 is 2.29 bits per heavy atom. The third-order valence-corrected chi connectivity index (χ3v) is 3.36. The summed E-state index contributed by atoms with van der Waals surface area (Å²) in [4.78, 5) is 13.8. The second kappa shape index (κ2) is 6.57. The van der Waals surface area contributed by atoms with Gasteiger partial charge in [-0.2, -0.15) is 0 Å². The van der Waals surface area contributed by atoms with Gasteiger partial charge in [0.1, 0.15) is 0 Å². The molecule has 0 spiro atoms. The molecule has 0 aliphatic heterocycles. The average Bonchev–Trinajstić information content (AvgIpc) is 2.31. The molecule has 1 N–H and O–H groups in total. The van der Waals surface area contributed by atoms with Crippen LogP contribution in [0.25, 0.3) is 0 Å². The maximum Gasteiger partial charge on any atom is 0.254 e. The quantitative estimate of drug-likeness (QED) is 0.848. The lowest BCUT2D eigenvalue weighted by Gasteiger charge is -2.21. The zero-order valence-electron chi connectivity index (χ0n) is 9.82. The van der Waals surface area contributed by atoms with Crippen LogP contribution in [0.5, 0.6) is 0 Å². The topological polar surface area (TPSA) is 40.5 Å². The monoisotopic (exact) mass is 297 g/mol. The van der Waals surface area contributed by atoms with Gasteiger partial charge in [-0.25, -0.2) is 0 Å². The molecule has 0 fully saturated rings. The molecule has 0 saturated heterocycles. The van der Waals surface area contributed by atoms with E-state index in [9.17, 15) is 4.79 Å². The predicted octanol–water partition coefficient (Wildman–Crippen LogP) is 2.38. The molecule has 3 nitrogen and oxygen atoms in total. The third kappa shape index (κ3) is 3.41. The van der Waals surface area contributed by atoms with Crippen molar-refractivity contribution in [2.75, 3.05) is 19.7 Å². The molecule has 0 heterocycles. The Hall–Kier alpha value is -1.13. The zero-order valence-corrected chi connectivity index (χ0v) is 11.4. The largest absolute Gasteiger partial charge is 0.395 e. The lowest BCUT2D eigenvalue weighted by molar-refractivity contribution is 0.0742. The van der Waals surface area contributed by atoms with E-state index in [4.69, 9.17) is 5.11 Å². The summed E-state index contributed by atoms with van der Waals surface area (Å²) >= 11 is 3.40. The highest BCUT2D eigenvalue weighted by molar-refractivity contribution is 9.10. The van der Waals surface area contributed by atoms with E-state index in [0.717, 1.165) is 10.0 Å². The molecular formula is C13H16BrNO2. The molecular weight excluding hydrogens is 282 g/mol. The minimum atomic E-state index is -0.0854. The zero-order chi connectivity index (χ0) is 12.8. The molecule has 1 amide bonds. The molecule has 17 heavy (non-hydrogen) atoms. The molecule has 0 bridgehead atoms. The van der Waals surface area contributed by atoms with Gasteiger partial charge in [0.15, 0.2) is 0 Å². The first kappa shape index (κ1) is 13.9. The van der Waals surface area contributed by atoms with Crippen LogP contribution in [0.4, 0.5) is 0 Å². The van der Waals surface area contributed by atoms with Crippen molar-refractivity contribution in [3.05, 3.63) is 46.5 Å². The van der Waals surface area contributed by atoms with E-state index in [1.54, 1.807) is 17.0 Å². The summed E-state index contributed by atoms with van der Waals surface area (Å²) in [6.45, 7) is 6.21. The van der Waals surface area contributed by atoms with Crippen LogP contribution in [0.2, 0.25) is 0 Å². The van der Waals surface area contributed by atoms with Crippen LogP contribution in [0.3, 0.4) is 0 Å². The Labute approximate surface area is 110 Å². The van der Waals surface area contributed by atoms with Crippen LogP contribution in [0, 0.1) is 6.92 Å². The van der Waals surface area contributed by atoms with Gasteiger partial charge in [0, 0.05) is 23.1 Å². The number of rotatable bonds is 5. The number of amides is 1. The SMILES string of the molecule is C=CCN(CCO)C(=O)c1cccc(Br)c1C. The highest BCUT2D eigenvalue weighted by atomic mass is 79.9. The van der Waals surface area contributed by atoms with Gasteiger partial charge in [-0.3, -0.25) is 4.79 Å². The Morgan fingerprint density at radius 3 is 2.88 bits per heavy atom. The smallest absolute Gasteiger partial charge is 0.254 e. The molecule has 0 aliphatic rings. The van der Waals surface area contributed by atoms with E-state index in [2.05, 4.69) is 22.5 Å². The maximum atomic E-state index is 12.2. The summed E-state index contributed by atoms with van der Waals surface area (Å²) in [7, 11) is 0. The standard InChI is InChI=1S/C13H16BrNO2/c1-3-7-15(8-9-16)13(17)11-5-4-6-12(14)10(11)2/h3-6,16H,1,7-9H2,2H3. The summed E-state index contributed by atoms with van der Waals surface area (Å²) in [5, 5.41) is 8.95. The first-order chi connectivity index (χ1) is 8.11. The van der Waals surface area contributed by atoms with Gasteiger partial charge in [0.2, 0.25) is 0 Å². The van der Waals surface area contributed by atoms with Crippen LogP contribution in [-0.4, -0.2) is 35.6 Å². The number of aliphatic hydroxyl groups excluding tert-OH is 1. The van der Waals surface area contributed by atoms with Crippen molar-refractivity contribution in [2.24, 2.45) is 0 Å². The summed E-state index contributed by atoms with van der Waals surface area (Å²) in [6.07, 6.45) is 1.65. The minimum absolute atomic E-state index is 0.0490. The Morgan fingerprint density at radius 1 is 1.59 bits per heavy atom. The number of halogens is 1. The normalized spacial score (nSPS) is 10.1. The molecule has 1 aromatic carbocycles. The van der Waals surface area contributed by atoms with Crippen LogP contribution in [-0.2, 0) is 0 Å². The van der Waals surface area contributed by atoms with Crippen molar-refractivity contribution in [3.8, 4) is 0 Å². The van der Waals surface area contributed by atoms with Gasteiger partial charge >= 0.3 is 0 Å². The van der Waals surface area contributed by atoms with Crippen molar-refractivity contribution in [1.82, 2.24) is 4.90 Å². The van der Waals surface area contributed by atoms with Gasteiger partial charge in [0.05, 0.1) is 6.61 Å². The minimum Gasteiger partial charge on any atom is -0.395 e. The van der Waals surface area contributed by atoms with E-state index in [1.807, 2.05) is 19.1 Å². The fraction of sp³-hybridized carbons (Fsp3) is 0.308. The van der Waals surface area contributed by atoms with E-state index in [1.165, 1.54) is 0 Å². The number of carbonyl (C=O) groups is 1. The Bertz CT molecular complexity index is 418. The highest BCUT2D eigenvalue weighted by Crippen LogP contribution is 2.20. The number of hydrogen-bond acceptors (Lipinski definition) is 2. The van der Waals surface area contributed by atoms with Gasteiger partial charge < -0.3 is 10.0 Å².